The maximum atomic E-state index is 12.3. The summed E-state index contributed by atoms with van der Waals surface area (Å²) >= 11 is 0. The standard InChI is InChI=1S/C23H34O7/c1-14(8-10-29-20(27)11-19(25)26)7-9-22(3)15(2)17(24)12-23-13-30-21(28)16(23)5-4-6-18(22)23/h5,14-15,17-18,24H,4,6-13H2,1-3H3,(H,25,26). The van der Waals surface area contributed by atoms with Crippen LogP contribution in [0.3, 0.4) is 0 Å². The lowest BCUT2D eigenvalue weighted by molar-refractivity contribution is -0.151. The molecule has 6 unspecified atom stereocenters. The van der Waals surface area contributed by atoms with Gasteiger partial charge in [-0.1, -0.05) is 33.3 Å². The summed E-state index contributed by atoms with van der Waals surface area (Å²) in [4.78, 5) is 34.2. The highest BCUT2D eigenvalue weighted by Gasteiger charge is 2.63. The number of carbonyl (C=O) groups is 3. The number of esters is 2. The summed E-state index contributed by atoms with van der Waals surface area (Å²) < 4.78 is 10.5. The van der Waals surface area contributed by atoms with E-state index in [1.807, 2.05) is 6.08 Å². The molecule has 6 atom stereocenters. The van der Waals surface area contributed by atoms with E-state index >= 15 is 0 Å². The topological polar surface area (TPSA) is 110 Å². The molecular weight excluding hydrogens is 388 g/mol. The molecule has 7 nitrogen and oxygen atoms in total. The largest absolute Gasteiger partial charge is 0.481 e. The van der Waals surface area contributed by atoms with Crippen molar-refractivity contribution in [2.45, 2.75) is 71.8 Å². The third-order valence-electron chi connectivity index (χ3n) is 8.02. The molecule has 1 spiro atoms. The number of rotatable bonds is 8. The summed E-state index contributed by atoms with van der Waals surface area (Å²) in [7, 11) is 0. The van der Waals surface area contributed by atoms with Gasteiger partial charge in [-0.15, -0.1) is 0 Å². The predicted octanol–water partition coefficient (Wildman–Crippen LogP) is 3.10. The number of carboxylic acid groups (broad SMARTS) is 1. The number of aliphatic hydroxyl groups is 1. The van der Waals surface area contributed by atoms with Gasteiger partial charge in [0, 0.05) is 11.0 Å². The Labute approximate surface area is 177 Å². The van der Waals surface area contributed by atoms with Crippen molar-refractivity contribution in [3.63, 3.8) is 0 Å². The van der Waals surface area contributed by atoms with Gasteiger partial charge in [0.05, 0.1) is 12.7 Å². The van der Waals surface area contributed by atoms with E-state index in [1.54, 1.807) is 0 Å². The van der Waals surface area contributed by atoms with Crippen LogP contribution in [0.2, 0.25) is 0 Å². The minimum atomic E-state index is -1.19. The molecule has 1 saturated carbocycles. The summed E-state index contributed by atoms with van der Waals surface area (Å²) in [5.41, 5.74) is 0.277. The molecule has 168 valence electrons. The van der Waals surface area contributed by atoms with Crippen molar-refractivity contribution in [1.82, 2.24) is 0 Å². The maximum absolute atomic E-state index is 12.3. The number of hydrogen-bond donors (Lipinski definition) is 2. The fraction of sp³-hybridized carbons (Fsp3) is 0.783. The van der Waals surface area contributed by atoms with Gasteiger partial charge in [0.25, 0.3) is 0 Å². The van der Waals surface area contributed by atoms with Gasteiger partial charge in [-0.05, 0) is 55.3 Å². The lowest BCUT2D eigenvalue weighted by atomic mass is 9.46. The zero-order valence-corrected chi connectivity index (χ0v) is 18.2. The van der Waals surface area contributed by atoms with Gasteiger partial charge in [-0.3, -0.25) is 9.59 Å². The van der Waals surface area contributed by atoms with Crippen molar-refractivity contribution in [2.24, 2.45) is 28.6 Å². The van der Waals surface area contributed by atoms with E-state index in [2.05, 4.69) is 20.8 Å². The van der Waals surface area contributed by atoms with E-state index in [1.165, 1.54) is 0 Å². The smallest absolute Gasteiger partial charge is 0.334 e. The molecule has 1 saturated heterocycles. The Balaban J connectivity index is 1.64. The molecule has 30 heavy (non-hydrogen) atoms. The highest BCUT2D eigenvalue weighted by atomic mass is 16.5. The second-order valence-corrected chi connectivity index (χ2v) is 9.77. The van der Waals surface area contributed by atoms with Crippen molar-refractivity contribution < 1.29 is 34.1 Å². The average Bonchev–Trinajstić information content (AvgIpc) is 3.00. The SMILES string of the molecule is CC(CCOC(=O)CC(=O)O)CCC1(C)C(C)C(O)CC23COC(=O)C2=CCCC31. The minimum Gasteiger partial charge on any atom is -0.481 e. The Bertz CT molecular complexity index is 729. The molecule has 0 aromatic carbocycles. The fourth-order valence-electron chi connectivity index (χ4n) is 6.03. The molecule has 1 heterocycles. The number of allylic oxidation sites excluding steroid dienone is 1. The van der Waals surface area contributed by atoms with Crippen LogP contribution in [-0.4, -0.2) is 47.4 Å². The molecule has 3 aliphatic rings. The summed E-state index contributed by atoms with van der Waals surface area (Å²) in [6.07, 6.45) is 5.86. The van der Waals surface area contributed by atoms with E-state index < -0.39 is 24.5 Å². The maximum Gasteiger partial charge on any atom is 0.334 e. The van der Waals surface area contributed by atoms with Gasteiger partial charge in [0.2, 0.25) is 0 Å². The highest BCUT2D eigenvalue weighted by molar-refractivity contribution is 5.92. The summed E-state index contributed by atoms with van der Waals surface area (Å²) in [6.45, 7) is 7.05. The van der Waals surface area contributed by atoms with E-state index in [9.17, 15) is 19.5 Å². The zero-order valence-electron chi connectivity index (χ0n) is 18.2. The Kier molecular flexibility index (Phi) is 6.60. The van der Waals surface area contributed by atoms with Crippen molar-refractivity contribution in [2.75, 3.05) is 13.2 Å². The van der Waals surface area contributed by atoms with Crippen LogP contribution < -0.4 is 0 Å². The van der Waals surface area contributed by atoms with Crippen LogP contribution in [0.1, 0.15) is 65.7 Å². The van der Waals surface area contributed by atoms with E-state index in [-0.39, 0.29) is 35.2 Å². The van der Waals surface area contributed by atoms with Crippen LogP contribution in [0.5, 0.6) is 0 Å². The molecule has 0 aromatic heterocycles. The average molecular weight is 423 g/mol. The molecule has 0 radical (unpaired) electrons. The lowest BCUT2D eigenvalue weighted by Crippen LogP contribution is -2.56. The highest BCUT2D eigenvalue weighted by Crippen LogP contribution is 2.64. The number of carbonyl (C=O) groups excluding carboxylic acids is 2. The first kappa shape index (κ1) is 22.8. The zero-order chi connectivity index (χ0) is 22.1. The molecule has 0 bridgehead atoms. The van der Waals surface area contributed by atoms with Gasteiger partial charge < -0.3 is 19.7 Å². The number of hydrogen-bond acceptors (Lipinski definition) is 6. The second kappa shape index (κ2) is 8.69. The third kappa shape index (κ3) is 4.13. The van der Waals surface area contributed by atoms with Crippen LogP contribution in [0.4, 0.5) is 0 Å². The first-order chi connectivity index (χ1) is 14.1. The number of cyclic esters (lactones) is 1. The number of aliphatic carboxylic acids is 1. The fourth-order valence-corrected chi connectivity index (χ4v) is 6.03. The molecule has 2 fully saturated rings. The number of carboxylic acids is 1. The van der Waals surface area contributed by atoms with E-state index in [0.717, 1.165) is 31.3 Å². The number of aliphatic hydroxyl groups excluding tert-OH is 1. The van der Waals surface area contributed by atoms with Crippen molar-refractivity contribution >= 4 is 17.9 Å². The van der Waals surface area contributed by atoms with Gasteiger partial charge in [-0.25, -0.2) is 4.79 Å². The Hall–Kier alpha value is -1.89. The Morgan fingerprint density at radius 1 is 1.37 bits per heavy atom. The van der Waals surface area contributed by atoms with Crippen LogP contribution in [0, 0.1) is 28.6 Å². The summed E-state index contributed by atoms with van der Waals surface area (Å²) in [5.74, 6) is -1.42. The molecule has 0 amide bonds. The summed E-state index contributed by atoms with van der Waals surface area (Å²) in [5, 5.41) is 19.5. The van der Waals surface area contributed by atoms with E-state index in [0.29, 0.717) is 25.4 Å². The van der Waals surface area contributed by atoms with Crippen molar-refractivity contribution in [3.05, 3.63) is 11.6 Å². The van der Waals surface area contributed by atoms with Gasteiger partial charge >= 0.3 is 17.9 Å². The van der Waals surface area contributed by atoms with Crippen LogP contribution in [-0.2, 0) is 23.9 Å². The van der Waals surface area contributed by atoms with Crippen molar-refractivity contribution in [1.29, 1.82) is 0 Å². The van der Waals surface area contributed by atoms with Gasteiger partial charge in [0.1, 0.15) is 13.0 Å². The first-order valence-corrected chi connectivity index (χ1v) is 11.0. The molecule has 2 N–H and O–H groups in total. The van der Waals surface area contributed by atoms with E-state index in [4.69, 9.17) is 14.6 Å². The second-order valence-electron chi connectivity index (χ2n) is 9.77. The normalized spacial score (nSPS) is 36.2. The monoisotopic (exact) mass is 422 g/mol. The Morgan fingerprint density at radius 3 is 2.80 bits per heavy atom. The molecule has 1 aliphatic heterocycles. The third-order valence-corrected chi connectivity index (χ3v) is 8.02. The molecule has 0 aromatic rings. The summed E-state index contributed by atoms with van der Waals surface area (Å²) in [6, 6.07) is 0. The van der Waals surface area contributed by atoms with Crippen LogP contribution in [0.15, 0.2) is 11.6 Å². The lowest BCUT2D eigenvalue weighted by Gasteiger charge is -2.58. The van der Waals surface area contributed by atoms with Crippen molar-refractivity contribution in [3.8, 4) is 0 Å². The number of ether oxygens (including phenoxy) is 2. The van der Waals surface area contributed by atoms with Gasteiger partial charge in [0.15, 0.2) is 0 Å². The molecular formula is C23H34O7. The first-order valence-electron chi connectivity index (χ1n) is 11.0. The Morgan fingerprint density at radius 2 is 2.10 bits per heavy atom. The molecule has 7 heteroatoms. The molecule has 3 rings (SSSR count). The van der Waals surface area contributed by atoms with Gasteiger partial charge in [-0.2, -0.15) is 0 Å². The minimum absolute atomic E-state index is 0.115. The van der Waals surface area contributed by atoms with Crippen LogP contribution in [0.25, 0.3) is 0 Å². The predicted molar refractivity (Wildman–Crippen MR) is 108 cm³/mol. The molecule has 2 aliphatic carbocycles. The quantitative estimate of drug-likeness (QED) is 0.457. The van der Waals surface area contributed by atoms with Crippen LogP contribution >= 0.6 is 0 Å².